The molecule has 0 bridgehead atoms. The number of nitriles is 1. The van der Waals surface area contributed by atoms with Gasteiger partial charge >= 0.3 is 5.97 Å². The predicted molar refractivity (Wildman–Crippen MR) is 90.4 cm³/mol. The number of anilines is 1. The van der Waals surface area contributed by atoms with E-state index >= 15 is 0 Å². The lowest BCUT2D eigenvalue weighted by Gasteiger charge is -2.05. The molecule has 0 aliphatic carbocycles. The Labute approximate surface area is 148 Å². The Morgan fingerprint density at radius 3 is 2.80 bits per heavy atom. The quantitative estimate of drug-likeness (QED) is 0.600. The van der Waals surface area contributed by atoms with Crippen LogP contribution in [-0.2, 0) is 20.7 Å². The minimum absolute atomic E-state index is 0.0278. The van der Waals surface area contributed by atoms with Crippen LogP contribution < -0.4 is 5.32 Å². The maximum Gasteiger partial charge on any atom is 0.306 e. The molecule has 130 valence electrons. The van der Waals surface area contributed by atoms with E-state index in [0.29, 0.717) is 27.6 Å². The van der Waals surface area contributed by atoms with Gasteiger partial charge in [-0.15, -0.1) is 11.3 Å². The number of nitrogens with zero attached hydrogens (tertiary/aromatic N) is 1. The second kappa shape index (κ2) is 8.26. The van der Waals surface area contributed by atoms with Crippen LogP contribution in [0.5, 0.6) is 0 Å². The van der Waals surface area contributed by atoms with Gasteiger partial charge in [0, 0.05) is 6.42 Å². The van der Waals surface area contributed by atoms with Crippen LogP contribution in [0.1, 0.15) is 40.8 Å². The maximum absolute atomic E-state index is 11.7. The van der Waals surface area contributed by atoms with Gasteiger partial charge in [-0.25, -0.2) is 0 Å². The van der Waals surface area contributed by atoms with Crippen LogP contribution >= 0.6 is 11.3 Å². The summed E-state index contributed by atoms with van der Waals surface area (Å²) in [7, 11) is 0. The summed E-state index contributed by atoms with van der Waals surface area (Å²) in [4.78, 5) is 34.8. The zero-order valence-electron chi connectivity index (χ0n) is 13.8. The summed E-state index contributed by atoms with van der Waals surface area (Å²) in [6, 6.07) is 5.15. The van der Waals surface area contributed by atoms with Gasteiger partial charge in [0.25, 0.3) is 5.91 Å². The van der Waals surface area contributed by atoms with Gasteiger partial charge in [0.05, 0.1) is 17.5 Å². The maximum atomic E-state index is 11.7. The molecule has 0 aromatic carbocycles. The highest BCUT2D eigenvalue weighted by Crippen LogP contribution is 2.22. The molecule has 2 heterocycles. The Morgan fingerprint density at radius 1 is 1.40 bits per heavy atom. The SMILES string of the molecule is CC(=O)c1cc(CCC(=O)OCC(=O)Nc2sccc2C#N)oc1C. The standard InChI is InChI=1S/C17H16N2O5S/c1-10(20)14-7-13(24-11(14)2)3-4-16(22)23-9-15(21)19-17-12(8-18)5-6-25-17/h5-7H,3-4,9H2,1-2H3,(H,19,21). The average Bonchev–Trinajstić information content (AvgIpc) is 3.16. The van der Waals surface area contributed by atoms with E-state index in [-0.39, 0.29) is 18.6 Å². The normalized spacial score (nSPS) is 10.1. The van der Waals surface area contributed by atoms with Crippen LogP contribution in [0.2, 0.25) is 0 Å². The number of rotatable bonds is 7. The number of hydrogen-bond donors (Lipinski definition) is 1. The summed E-state index contributed by atoms with van der Waals surface area (Å²) in [5, 5.41) is 13.5. The Balaban J connectivity index is 1.77. The molecule has 0 radical (unpaired) electrons. The zero-order valence-corrected chi connectivity index (χ0v) is 14.6. The molecule has 25 heavy (non-hydrogen) atoms. The second-order valence-electron chi connectivity index (χ2n) is 5.22. The largest absolute Gasteiger partial charge is 0.466 e. The van der Waals surface area contributed by atoms with Crippen molar-refractivity contribution in [3.63, 3.8) is 0 Å². The van der Waals surface area contributed by atoms with Gasteiger partial charge in [-0.3, -0.25) is 14.4 Å². The number of thiophene rings is 1. The molecule has 0 atom stereocenters. The third-order valence-electron chi connectivity index (χ3n) is 3.33. The van der Waals surface area contributed by atoms with Crippen LogP contribution in [0.4, 0.5) is 5.00 Å². The first-order valence-corrected chi connectivity index (χ1v) is 8.32. The molecule has 0 saturated heterocycles. The van der Waals surface area contributed by atoms with Crippen molar-refractivity contribution in [3.05, 3.63) is 40.2 Å². The summed E-state index contributed by atoms with van der Waals surface area (Å²) in [6.45, 7) is 2.69. The van der Waals surface area contributed by atoms with E-state index in [4.69, 9.17) is 14.4 Å². The molecule has 1 amide bonds. The average molecular weight is 360 g/mol. The molecule has 7 nitrogen and oxygen atoms in total. The molecule has 0 spiro atoms. The Hall–Kier alpha value is -2.92. The third kappa shape index (κ3) is 5.02. The van der Waals surface area contributed by atoms with Gasteiger partial charge in [-0.2, -0.15) is 5.26 Å². The van der Waals surface area contributed by atoms with Crippen molar-refractivity contribution < 1.29 is 23.5 Å². The van der Waals surface area contributed by atoms with Crippen LogP contribution in [0, 0.1) is 18.3 Å². The number of ether oxygens (including phenoxy) is 1. The van der Waals surface area contributed by atoms with E-state index in [0.717, 1.165) is 0 Å². The molecule has 0 aliphatic heterocycles. The summed E-state index contributed by atoms with van der Waals surface area (Å²) in [5.41, 5.74) is 0.853. The Bertz CT molecular complexity index is 844. The lowest BCUT2D eigenvalue weighted by atomic mass is 10.1. The molecular formula is C17H16N2O5S. The predicted octanol–water partition coefficient (Wildman–Crippen LogP) is 2.84. The van der Waals surface area contributed by atoms with Crippen molar-refractivity contribution in [2.24, 2.45) is 0 Å². The number of Topliss-reactive ketones (excluding diaryl/α,β-unsaturated/α-hetero) is 1. The lowest BCUT2D eigenvalue weighted by Crippen LogP contribution is -2.20. The summed E-state index contributed by atoms with van der Waals surface area (Å²) >= 11 is 1.22. The second-order valence-corrected chi connectivity index (χ2v) is 6.14. The highest BCUT2D eigenvalue weighted by Gasteiger charge is 2.14. The number of amides is 1. The number of carbonyl (C=O) groups excluding carboxylic acids is 3. The van der Waals surface area contributed by atoms with Gasteiger partial charge in [0.2, 0.25) is 0 Å². The lowest BCUT2D eigenvalue weighted by molar-refractivity contribution is -0.147. The van der Waals surface area contributed by atoms with Crippen LogP contribution in [0.15, 0.2) is 21.9 Å². The van der Waals surface area contributed by atoms with Crippen molar-refractivity contribution in [1.29, 1.82) is 5.26 Å². The number of ketones is 1. The highest BCUT2D eigenvalue weighted by molar-refractivity contribution is 7.14. The van der Waals surface area contributed by atoms with E-state index < -0.39 is 18.5 Å². The van der Waals surface area contributed by atoms with Gasteiger partial charge in [-0.1, -0.05) is 0 Å². The van der Waals surface area contributed by atoms with E-state index in [1.165, 1.54) is 18.3 Å². The Kier molecular flexibility index (Phi) is 6.08. The smallest absolute Gasteiger partial charge is 0.306 e. The van der Waals surface area contributed by atoms with Crippen LogP contribution in [-0.4, -0.2) is 24.3 Å². The molecular weight excluding hydrogens is 344 g/mol. The molecule has 0 aliphatic rings. The highest BCUT2D eigenvalue weighted by atomic mass is 32.1. The molecule has 0 saturated carbocycles. The molecule has 0 fully saturated rings. The van der Waals surface area contributed by atoms with Gasteiger partial charge in [-0.05, 0) is 31.4 Å². The topological polar surface area (TPSA) is 109 Å². The molecule has 2 aromatic rings. The minimum atomic E-state index is -0.555. The van der Waals surface area contributed by atoms with Gasteiger partial charge in [0.1, 0.15) is 22.6 Å². The number of esters is 1. The van der Waals surface area contributed by atoms with E-state index in [9.17, 15) is 14.4 Å². The van der Waals surface area contributed by atoms with Crippen molar-refractivity contribution in [1.82, 2.24) is 0 Å². The van der Waals surface area contributed by atoms with Crippen LogP contribution in [0.25, 0.3) is 0 Å². The number of aryl methyl sites for hydroxylation is 2. The van der Waals surface area contributed by atoms with Crippen molar-refractivity contribution in [2.45, 2.75) is 26.7 Å². The monoisotopic (exact) mass is 360 g/mol. The van der Waals surface area contributed by atoms with Crippen molar-refractivity contribution in [3.8, 4) is 6.07 Å². The first-order chi connectivity index (χ1) is 11.9. The van der Waals surface area contributed by atoms with E-state index in [1.807, 2.05) is 6.07 Å². The van der Waals surface area contributed by atoms with Gasteiger partial charge < -0.3 is 14.5 Å². The molecule has 2 rings (SSSR count). The molecule has 1 N–H and O–H groups in total. The first kappa shape index (κ1) is 18.4. The van der Waals surface area contributed by atoms with Crippen molar-refractivity contribution >= 4 is 34.0 Å². The molecule has 2 aromatic heterocycles. The third-order valence-corrected chi connectivity index (χ3v) is 4.16. The fourth-order valence-corrected chi connectivity index (χ4v) is 2.87. The fraction of sp³-hybridized carbons (Fsp3) is 0.294. The first-order valence-electron chi connectivity index (χ1n) is 7.44. The van der Waals surface area contributed by atoms with E-state index in [1.54, 1.807) is 24.4 Å². The Morgan fingerprint density at radius 2 is 2.16 bits per heavy atom. The molecule has 8 heteroatoms. The fourth-order valence-electron chi connectivity index (χ4n) is 2.12. The number of carbonyl (C=O) groups is 3. The summed E-state index contributed by atoms with van der Waals surface area (Å²) in [5.74, 6) is -0.141. The minimum Gasteiger partial charge on any atom is -0.466 e. The van der Waals surface area contributed by atoms with Crippen LogP contribution in [0.3, 0.4) is 0 Å². The summed E-state index contributed by atoms with van der Waals surface area (Å²) < 4.78 is 10.3. The van der Waals surface area contributed by atoms with Crippen molar-refractivity contribution in [2.75, 3.05) is 11.9 Å². The summed E-state index contributed by atoms with van der Waals surface area (Å²) in [6.07, 6.45) is 0.304. The zero-order chi connectivity index (χ0) is 18.4. The number of nitrogens with one attached hydrogen (secondary N) is 1. The number of furan rings is 1. The van der Waals surface area contributed by atoms with E-state index in [2.05, 4.69) is 5.32 Å². The number of hydrogen-bond acceptors (Lipinski definition) is 7. The van der Waals surface area contributed by atoms with Gasteiger partial charge in [0.15, 0.2) is 12.4 Å². The molecule has 0 unspecified atom stereocenters.